The van der Waals surface area contributed by atoms with E-state index in [0.29, 0.717) is 26.1 Å². The molecule has 19 heavy (non-hydrogen) atoms. The molecule has 1 aromatic rings. The molecule has 1 aliphatic rings. The monoisotopic (exact) mass is 263 g/mol. The number of amides is 1. The van der Waals surface area contributed by atoms with Gasteiger partial charge >= 0.3 is 5.97 Å². The number of hydrogen-bond acceptors (Lipinski definition) is 3. The van der Waals surface area contributed by atoms with Crippen LogP contribution in [0.25, 0.3) is 0 Å². The van der Waals surface area contributed by atoms with E-state index in [-0.39, 0.29) is 12.3 Å². The largest absolute Gasteiger partial charge is 0.480 e. The summed E-state index contributed by atoms with van der Waals surface area (Å²) in [5, 5.41) is 12.0. The van der Waals surface area contributed by atoms with Gasteiger partial charge in [0.05, 0.1) is 6.42 Å². The summed E-state index contributed by atoms with van der Waals surface area (Å²) in [4.78, 5) is 23.4. The summed E-state index contributed by atoms with van der Waals surface area (Å²) in [7, 11) is 0. The molecule has 1 heterocycles. The van der Waals surface area contributed by atoms with Gasteiger partial charge in [-0.3, -0.25) is 4.79 Å². The summed E-state index contributed by atoms with van der Waals surface area (Å²) in [6.07, 6.45) is 0.808. The lowest BCUT2D eigenvalue weighted by Gasteiger charge is -2.33. The van der Waals surface area contributed by atoms with Crippen molar-refractivity contribution in [2.45, 2.75) is 24.8 Å². The number of carbonyl (C=O) groups is 2. The van der Waals surface area contributed by atoms with E-state index in [1.807, 2.05) is 30.3 Å². The van der Waals surface area contributed by atoms with E-state index >= 15 is 0 Å². The third kappa shape index (κ3) is 3.32. The Kier molecular flexibility index (Phi) is 4.16. The Hall–Kier alpha value is -1.88. The van der Waals surface area contributed by atoms with E-state index in [0.717, 1.165) is 5.56 Å². The first-order valence-electron chi connectivity index (χ1n) is 6.28. The predicted octanol–water partition coefficient (Wildman–Crippen LogP) is 0.979. The number of nitrogens with one attached hydrogen (secondary N) is 1. The molecule has 2 N–H and O–H groups in total. The maximum absolute atomic E-state index is 12.0. The number of benzene rings is 1. The maximum atomic E-state index is 12.0. The van der Waals surface area contributed by atoms with Crippen LogP contribution in [0.3, 0.4) is 0 Å². The second-order valence-electron chi connectivity index (χ2n) is 4.71. The van der Waals surface area contributed by atoms with Gasteiger partial charge in [-0.2, -0.15) is 0 Å². The Morgan fingerprint density at radius 1 is 1.21 bits per heavy atom. The van der Waals surface area contributed by atoms with Gasteiger partial charge in [-0.1, -0.05) is 30.3 Å². The van der Waals surface area contributed by atoms with Gasteiger partial charge in [0.2, 0.25) is 5.91 Å². The van der Waals surface area contributed by atoms with Gasteiger partial charge in [-0.15, -0.1) is 0 Å². The highest BCUT2D eigenvalue weighted by Crippen LogP contribution is 2.21. The molecule has 0 bridgehead atoms. The van der Waals surface area contributed by atoms with Gasteiger partial charge in [0, 0.05) is 26.1 Å². The number of carboxylic acid groups (broad SMARTS) is 1. The average Bonchev–Trinajstić information content (AvgIpc) is 2.40. The molecule has 5 heteroatoms. The third-order valence-corrected chi connectivity index (χ3v) is 3.34. The predicted molar refractivity (Wildman–Crippen MR) is 68.7 cm³/mol. The first-order chi connectivity index (χ1) is 9.12. The van der Waals surface area contributed by atoms with Crippen LogP contribution in [0.5, 0.6) is 0 Å². The van der Waals surface area contributed by atoms with Crippen LogP contribution in [0.15, 0.2) is 30.3 Å². The Morgan fingerprint density at radius 3 is 2.42 bits per heavy atom. The molecule has 1 amide bonds. The molecule has 0 aromatic heterocycles. The Bertz CT molecular complexity index is 452. The fourth-order valence-corrected chi connectivity index (χ4v) is 2.20. The summed E-state index contributed by atoms with van der Waals surface area (Å²) >= 11 is 0. The highest BCUT2D eigenvalue weighted by atomic mass is 16.5. The molecule has 102 valence electrons. The molecule has 2 rings (SSSR count). The molecule has 5 nitrogen and oxygen atoms in total. The Labute approximate surface area is 111 Å². The molecule has 0 unspecified atom stereocenters. The summed E-state index contributed by atoms with van der Waals surface area (Å²) in [6, 6.07) is 9.26. The second-order valence-corrected chi connectivity index (χ2v) is 4.71. The van der Waals surface area contributed by atoms with Crippen LogP contribution in [0.4, 0.5) is 0 Å². The zero-order valence-electron chi connectivity index (χ0n) is 10.6. The minimum absolute atomic E-state index is 0.191. The van der Waals surface area contributed by atoms with E-state index in [4.69, 9.17) is 4.74 Å². The molecule has 0 spiro atoms. The van der Waals surface area contributed by atoms with Gasteiger partial charge in [0.1, 0.15) is 5.54 Å². The van der Waals surface area contributed by atoms with Crippen molar-refractivity contribution < 1.29 is 19.4 Å². The zero-order chi connectivity index (χ0) is 13.7. The minimum atomic E-state index is -1.18. The van der Waals surface area contributed by atoms with Crippen molar-refractivity contribution in [1.82, 2.24) is 5.32 Å². The second kappa shape index (κ2) is 5.84. The van der Waals surface area contributed by atoms with Crippen molar-refractivity contribution in [1.29, 1.82) is 0 Å². The number of aliphatic carboxylic acids is 1. The average molecular weight is 263 g/mol. The topological polar surface area (TPSA) is 75.6 Å². The molecular weight excluding hydrogens is 246 g/mol. The van der Waals surface area contributed by atoms with E-state index in [1.165, 1.54) is 0 Å². The molecule has 0 atom stereocenters. The summed E-state index contributed by atoms with van der Waals surface area (Å²) in [6.45, 7) is 0.718. The Morgan fingerprint density at radius 2 is 1.84 bits per heavy atom. The molecule has 0 aliphatic carbocycles. The number of carboxylic acids is 1. The van der Waals surface area contributed by atoms with Crippen molar-refractivity contribution >= 4 is 11.9 Å². The summed E-state index contributed by atoms with van der Waals surface area (Å²) in [5.41, 5.74) is -0.308. The standard InChI is InChI=1S/C14H17NO4/c16-12(10-11-4-2-1-3-5-11)15-14(13(17)18)6-8-19-9-7-14/h1-5H,6-10H2,(H,15,16)(H,17,18). The van der Waals surface area contributed by atoms with Gasteiger partial charge in [0.25, 0.3) is 0 Å². The molecule has 0 radical (unpaired) electrons. The van der Waals surface area contributed by atoms with Crippen LogP contribution in [0.1, 0.15) is 18.4 Å². The minimum Gasteiger partial charge on any atom is -0.480 e. The van der Waals surface area contributed by atoms with Crippen molar-refractivity contribution in [3.63, 3.8) is 0 Å². The van der Waals surface area contributed by atoms with Crippen molar-refractivity contribution in [3.05, 3.63) is 35.9 Å². The number of rotatable bonds is 4. The number of hydrogen-bond donors (Lipinski definition) is 2. The SMILES string of the molecule is O=C(Cc1ccccc1)NC1(C(=O)O)CCOCC1. The van der Waals surface area contributed by atoms with Crippen LogP contribution < -0.4 is 5.32 Å². The third-order valence-electron chi connectivity index (χ3n) is 3.34. The van der Waals surface area contributed by atoms with Gasteiger partial charge < -0.3 is 15.2 Å². The van der Waals surface area contributed by atoms with Gasteiger partial charge in [-0.05, 0) is 5.56 Å². The van der Waals surface area contributed by atoms with E-state index in [2.05, 4.69) is 5.32 Å². The first-order valence-corrected chi connectivity index (χ1v) is 6.28. The summed E-state index contributed by atoms with van der Waals surface area (Å²) < 4.78 is 5.16. The number of carbonyl (C=O) groups excluding carboxylic acids is 1. The molecule has 1 fully saturated rings. The lowest BCUT2D eigenvalue weighted by Crippen LogP contribution is -2.57. The first kappa shape index (κ1) is 13.5. The molecule has 0 saturated carbocycles. The fourth-order valence-electron chi connectivity index (χ4n) is 2.20. The molecule has 1 aromatic carbocycles. The maximum Gasteiger partial charge on any atom is 0.329 e. The van der Waals surface area contributed by atoms with Crippen molar-refractivity contribution in [2.24, 2.45) is 0 Å². The zero-order valence-corrected chi connectivity index (χ0v) is 10.6. The Balaban J connectivity index is 2.01. The van der Waals surface area contributed by atoms with Crippen LogP contribution in [-0.4, -0.2) is 35.7 Å². The summed E-state index contributed by atoms with van der Waals surface area (Å²) in [5.74, 6) is -1.26. The van der Waals surface area contributed by atoms with Crippen LogP contribution in [-0.2, 0) is 20.7 Å². The smallest absolute Gasteiger partial charge is 0.329 e. The van der Waals surface area contributed by atoms with Crippen molar-refractivity contribution in [3.8, 4) is 0 Å². The quantitative estimate of drug-likeness (QED) is 0.849. The van der Waals surface area contributed by atoms with E-state index in [9.17, 15) is 14.7 Å². The van der Waals surface area contributed by atoms with Crippen molar-refractivity contribution in [2.75, 3.05) is 13.2 Å². The molecule has 1 aliphatic heterocycles. The lowest BCUT2D eigenvalue weighted by molar-refractivity contribution is -0.152. The highest BCUT2D eigenvalue weighted by molar-refractivity contribution is 5.88. The van der Waals surface area contributed by atoms with E-state index in [1.54, 1.807) is 0 Å². The normalized spacial score (nSPS) is 17.7. The molecule has 1 saturated heterocycles. The van der Waals surface area contributed by atoms with Crippen LogP contribution >= 0.6 is 0 Å². The lowest BCUT2D eigenvalue weighted by atomic mass is 9.90. The molecular formula is C14H17NO4. The number of ether oxygens (including phenoxy) is 1. The van der Waals surface area contributed by atoms with Crippen LogP contribution in [0.2, 0.25) is 0 Å². The highest BCUT2D eigenvalue weighted by Gasteiger charge is 2.41. The van der Waals surface area contributed by atoms with Gasteiger partial charge in [0.15, 0.2) is 0 Å². The van der Waals surface area contributed by atoms with Crippen LogP contribution in [0, 0.1) is 0 Å². The fraction of sp³-hybridized carbons (Fsp3) is 0.429. The van der Waals surface area contributed by atoms with Gasteiger partial charge in [-0.25, -0.2) is 4.79 Å². The van der Waals surface area contributed by atoms with E-state index < -0.39 is 11.5 Å².